The molecule has 0 amide bonds. The molecule has 1 aliphatic rings. The highest BCUT2D eigenvalue weighted by Gasteiger charge is 2.18. The Morgan fingerprint density at radius 3 is 2.38 bits per heavy atom. The van der Waals surface area contributed by atoms with E-state index in [1.807, 2.05) is 25.2 Å². The van der Waals surface area contributed by atoms with Crippen molar-refractivity contribution >= 4 is 0 Å². The molecule has 0 aromatic rings. The van der Waals surface area contributed by atoms with Crippen molar-refractivity contribution in [3.8, 4) is 0 Å². The molecule has 0 saturated heterocycles. The van der Waals surface area contributed by atoms with E-state index >= 15 is 0 Å². The van der Waals surface area contributed by atoms with E-state index in [0.717, 1.165) is 0 Å². The van der Waals surface area contributed by atoms with Crippen molar-refractivity contribution in [1.29, 1.82) is 0 Å². The standard InChI is InChI=1S/C10H15NO2/c1-10(13-3)6-4-8(11)9(12-2)5-7-10/h4-7H,11H2,1-3H3. The minimum absolute atomic E-state index is 0.398. The van der Waals surface area contributed by atoms with Crippen molar-refractivity contribution < 1.29 is 9.47 Å². The lowest BCUT2D eigenvalue weighted by Crippen LogP contribution is -2.20. The fourth-order valence-electron chi connectivity index (χ4n) is 1.05. The Morgan fingerprint density at radius 1 is 1.23 bits per heavy atom. The van der Waals surface area contributed by atoms with Crippen molar-refractivity contribution in [3.05, 3.63) is 35.8 Å². The van der Waals surface area contributed by atoms with Gasteiger partial charge in [0.05, 0.1) is 12.8 Å². The number of allylic oxidation sites excluding steroid dienone is 2. The predicted octanol–water partition coefficient (Wildman–Crippen LogP) is 1.33. The van der Waals surface area contributed by atoms with E-state index in [1.165, 1.54) is 0 Å². The summed E-state index contributed by atoms with van der Waals surface area (Å²) in [5.41, 5.74) is 5.94. The lowest BCUT2D eigenvalue weighted by atomic mass is 10.1. The maximum absolute atomic E-state index is 5.73. The predicted molar refractivity (Wildman–Crippen MR) is 51.9 cm³/mol. The molecule has 13 heavy (non-hydrogen) atoms. The van der Waals surface area contributed by atoms with Crippen LogP contribution in [-0.2, 0) is 9.47 Å². The van der Waals surface area contributed by atoms with Crippen LogP contribution < -0.4 is 5.73 Å². The molecule has 2 N–H and O–H groups in total. The lowest BCUT2D eigenvalue weighted by Gasteiger charge is -2.18. The molecule has 0 heterocycles. The van der Waals surface area contributed by atoms with Crippen molar-refractivity contribution in [2.75, 3.05) is 14.2 Å². The van der Waals surface area contributed by atoms with E-state index in [4.69, 9.17) is 15.2 Å². The van der Waals surface area contributed by atoms with Crippen LogP contribution in [0.2, 0.25) is 0 Å². The van der Waals surface area contributed by atoms with Gasteiger partial charge in [0.1, 0.15) is 11.4 Å². The lowest BCUT2D eigenvalue weighted by molar-refractivity contribution is 0.0906. The second-order valence-electron chi connectivity index (χ2n) is 3.08. The number of ether oxygens (including phenoxy) is 2. The van der Waals surface area contributed by atoms with E-state index in [-0.39, 0.29) is 0 Å². The number of nitrogens with two attached hydrogens (primary N) is 1. The van der Waals surface area contributed by atoms with Crippen molar-refractivity contribution in [2.24, 2.45) is 5.73 Å². The van der Waals surface area contributed by atoms with Gasteiger partial charge in [-0.3, -0.25) is 0 Å². The summed E-state index contributed by atoms with van der Waals surface area (Å²) in [5, 5.41) is 0. The molecule has 72 valence electrons. The SMILES string of the molecule is COC1=C(N)C=CC(C)(OC)C=C1. The highest BCUT2D eigenvalue weighted by atomic mass is 16.5. The first-order valence-electron chi connectivity index (χ1n) is 4.08. The Kier molecular flexibility index (Phi) is 2.78. The second-order valence-corrected chi connectivity index (χ2v) is 3.08. The Bertz CT molecular complexity index is 279. The maximum atomic E-state index is 5.73. The smallest absolute Gasteiger partial charge is 0.141 e. The van der Waals surface area contributed by atoms with E-state index in [1.54, 1.807) is 20.3 Å². The molecular weight excluding hydrogens is 166 g/mol. The number of hydrogen-bond acceptors (Lipinski definition) is 3. The summed E-state index contributed by atoms with van der Waals surface area (Å²) in [6, 6.07) is 0. The number of rotatable bonds is 2. The van der Waals surface area contributed by atoms with Crippen molar-refractivity contribution in [3.63, 3.8) is 0 Å². The molecule has 0 aromatic carbocycles. The molecule has 0 aromatic heterocycles. The van der Waals surface area contributed by atoms with Gasteiger partial charge in [0.15, 0.2) is 0 Å². The minimum atomic E-state index is -0.398. The van der Waals surface area contributed by atoms with Gasteiger partial charge in [0.2, 0.25) is 0 Å². The third-order valence-electron chi connectivity index (χ3n) is 2.10. The summed E-state index contributed by atoms with van der Waals surface area (Å²) in [6.45, 7) is 1.95. The zero-order valence-corrected chi connectivity index (χ0v) is 8.20. The van der Waals surface area contributed by atoms with Gasteiger partial charge in [-0.15, -0.1) is 0 Å². The van der Waals surface area contributed by atoms with E-state index < -0.39 is 5.60 Å². The van der Waals surface area contributed by atoms with Crippen LogP contribution in [0.5, 0.6) is 0 Å². The van der Waals surface area contributed by atoms with Gasteiger partial charge in [-0.05, 0) is 31.2 Å². The van der Waals surface area contributed by atoms with Gasteiger partial charge in [0.25, 0.3) is 0 Å². The summed E-state index contributed by atoms with van der Waals surface area (Å²) < 4.78 is 10.4. The van der Waals surface area contributed by atoms with Gasteiger partial charge in [0, 0.05) is 7.11 Å². The van der Waals surface area contributed by atoms with E-state index in [2.05, 4.69) is 0 Å². The highest BCUT2D eigenvalue weighted by Crippen LogP contribution is 2.19. The topological polar surface area (TPSA) is 44.5 Å². The minimum Gasteiger partial charge on any atom is -0.495 e. The number of hydrogen-bond donors (Lipinski definition) is 1. The molecule has 1 unspecified atom stereocenters. The first-order chi connectivity index (χ1) is 6.11. The Hall–Kier alpha value is -1.22. The van der Waals surface area contributed by atoms with Crippen LogP contribution in [0, 0.1) is 0 Å². The molecule has 1 atom stereocenters. The Balaban J connectivity index is 2.98. The zero-order chi connectivity index (χ0) is 9.90. The first kappa shape index (κ1) is 9.86. The van der Waals surface area contributed by atoms with Gasteiger partial charge < -0.3 is 15.2 Å². The van der Waals surface area contributed by atoms with Crippen LogP contribution in [-0.4, -0.2) is 19.8 Å². The molecule has 1 aliphatic carbocycles. The average molecular weight is 181 g/mol. The largest absolute Gasteiger partial charge is 0.495 e. The zero-order valence-electron chi connectivity index (χ0n) is 8.20. The maximum Gasteiger partial charge on any atom is 0.141 e. The normalized spacial score (nSPS) is 27.6. The molecule has 3 heteroatoms. The van der Waals surface area contributed by atoms with Crippen molar-refractivity contribution in [1.82, 2.24) is 0 Å². The van der Waals surface area contributed by atoms with Crippen molar-refractivity contribution in [2.45, 2.75) is 12.5 Å². The summed E-state index contributed by atoms with van der Waals surface area (Å²) in [6.07, 6.45) is 7.41. The van der Waals surface area contributed by atoms with Crippen LogP contribution in [0.3, 0.4) is 0 Å². The molecule has 0 aliphatic heterocycles. The first-order valence-corrected chi connectivity index (χ1v) is 4.08. The molecular formula is C10H15NO2. The average Bonchev–Trinajstić information content (AvgIpc) is 2.28. The molecule has 0 spiro atoms. The van der Waals surface area contributed by atoms with Gasteiger partial charge in [-0.1, -0.05) is 0 Å². The number of methoxy groups -OCH3 is 2. The van der Waals surface area contributed by atoms with Gasteiger partial charge in [-0.25, -0.2) is 0 Å². The molecule has 0 saturated carbocycles. The Morgan fingerprint density at radius 2 is 1.85 bits per heavy atom. The van der Waals surface area contributed by atoms with Crippen LogP contribution >= 0.6 is 0 Å². The molecule has 0 radical (unpaired) electrons. The molecule has 3 nitrogen and oxygen atoms in total. The summed E-state index contributed by atoms with van der Waals surface area (Å²) in [7, 11) is 3.25. The molecule has 1 rings (SSSR count). The van der Waals surface area contributed by atoms with Crippen LogP contribution in [0.4, 0.5) is 0 Å². The van der Waals surface area contributed by atoms with Gasteiger partial charge in [-0.2, -0.15) is 0 Å². The fourth-order valence-corrected chi connectivity index (χ4v) is 1.05. The van der Waals surface area contributed by atoms with Crippen LogP contribution in [0.25, 0.3) is 0 Å². The second kappa shape index (κ2) is 3.66. The third kappa shape index (κ3) is 2.12. The Labute approximate surface area is 78.5 Å². The summed E-state index contributed by atoms with van der Waals surface area (Å²) in [4.78, 5) is 0. The summed E-state index contributed by atoms with van der Waals surface area (Å²) in [5.74, 6) is 0.664. The molecule has 0 fully saturated rings. The van der Waals surface area contributed by atoms with Gasteiger partial charge >= 0.3 is 0 Å². The molecule has 0 bridgehead atoms. The third-order valence-corrected chi connectivity index (χ3v) is 2.10. The fraction of sp³-hybridized carbons (Fsp3) is 0.400. The van der Waals surface area contributed by atoms with E-state index in [9.17, 15) is 0 Å². The highest BCUT2D eigenvalue weighted by molar-refractivity contribution is 5.34. The summed E-state index contributed by atoms with van der Waals surface area (Å²) >= 11 is 0. The quantitative estimate of drug-likeness (QED) is 0.699. The monoisotopic (exact) mass is 181 g/mol. The van der Waals surface area contributed by atoms with Crippen LogP contribution in [0.1, 0.15) is 6.92 Å². The van der Waals surface area contributed by atoms with E-state index in [0.29, 0.717) is 11.5 Å². The van der Waals surface area contributed by atoms with Crippen LogP contribution in [0.15, 0.2) is 35.8 Å².